The lowest BCUT2D eigenvalue weighted by molar-refractivity contribution is -0.398. The van der Waals surface area contributed by atoms with Crippen molar-refractivity contribution >= 4 is 22.8 Å². The van der Waals surface area contributed by atoms with E-state index >= 15 is 0 Å². The molecule has 3 atom stereocenters. The van der Waals surface area contributed by atoms with Gasteiger partial charge < -0.3 is 30.0 Å². The number of allylic oxidation sites excluding steroid dienone is 1. The van der Waals surface area contributed by atoms with Crippen molar-refractivity contribution in [2.45, 2.75) is 25.3 Å². The van der Waals surface area contributed by atoms with Crippen molar-refractivity contribution in [3.63, 3.8) is 0 Å². The average Bonchev–Trinajstić information content (AvgIpc) is 3.10. The maximum absolute atomic E-state index is 13.9. The smallest absolute Gasteiger partial charge is 0.265 e. The van der Waals surface area contributed by atoms with Crippen molar-refractivity contribution in [3.05, 3.63) is 87.6 Å². The summed E-state index contributed by atoms with van der Waals surface area (Å²) in [7, 11) is 3.16. The van der Waals surface area contributed by atoms with Crippen LogP contribution >= 0.6 is 0 Å². The molecule has 1 aliphatic carbocycles. The van der Waals surface area contributed by atoms with Crippen molar-refractivity contribution in [1.82, 2.24) is 0 Å². The van der Waals surface area contributed by atoms with Gasteiger partial charge in [0, 0.05) is 35.4 Å². The summed E-state index contributed by atoms with van der Waals surface area (Å²) in [6.07, 6.45) is 2.17. The van der Waals surface area contributed by atoms with Gasteiger partial charge in [0.1, 0.15) is 23.0 Å². The minimum atomic E-state index is -0.798. The van der Waals surface area contributed by atoms with Gasteiger partial charge in [0.05, 0.1) is 49.1 Å². The Kier molecular flexibility index (Phi) is 7.02. The molecule has 0 radical (unpaired) electrons. The molecule has 1 heterocycles. The Morgan fingerprint density at radius 2 is 1.79 bits per heavy atom. The van der Waals surface area contributed by atoms with Crippen LogP contribution < -0.4 is 30.0 Å². The molecule has 3 aromatic rings. The van der Waals surface area contributed by atoms with Crippen LogP contribution in [0.5, 0.6) is 23.0 Å². The number of ether oxygens (including phenoxy) is 3. The van der Waals surface area contributed by atoms with E-state index in [-0.39, 0.29) is 30.5 Å². The van der Waals surface area contributed by atoms with Crippen LogP contribution in [0, 0.1) is 16.0 Å². The third-order valence-electron chi connectivity index (χ3n) is 7.08. The standard InChI is InChI=1S/C29H29N3O7/c1-4-39-26-14-17(12-23(29(26)34)32(35)36)28-27-22(30-20-7-5-6-8-21(20)31-28)11-16(13-24(27)33)19-15-18(37-2)9-10-25(19)38-3/h5-12,14-16,27-28,30-31,34H,4,13H2,1-3H3/p-1/t16-,27+,28+/m1/s1. The minimum Gasteiger partial charge on any atom is -0.865 e. The molecule has 0 fully saturated rings. The Bertz CT molecular complexity index is 1470. The second-order valence-corrected chi connectivity index (χ2v) is 9.33. The fourth-order valence-corrected chi connectivity index (χ4v) is 5.30. The number of nitro groups is 1. The topological polar surface area (TPSA) is 135 Å². The van der Waals surface area contributed by atoms with E-state index in [1.165, 1.54) is 12.1 Å². The van der Waals surface area contributed by atoms with Crippen LogP contribution in [0.1, 0.15) is 36.4 Å². The van der Waals surface area contributed by atoms with Gasteiger partial charge in [-0.1, -0.05) is 18.2 Å². The number of carbonyl (C=O) groups excluding carboxylic acids is 1. The predicted octanol–water partition coefficient (Wildman–Crippen LogP) is 4.92. The third kappa shape index (κ3) is 4.81. The van der Waals surface area contributed by atoms with Crippen LogP contribution in [0.4, 0.5) is 17.1 Å². The molecule has 0 unspecified atom stereocenters. The summed E-state index contributed by atoms with van der Waals surface area (Å²) in [5, 5.41) is 31.2. The van der Waals surface area contributed by atoms with E-state index in [1.54, 1.807) is 27.2 Å². The summed E-state index contributed by atoms with van der Waals surface area (Å²) in [5.74, 6) is -0.731. The fraction of sp³-hybridized carbons (Fsp3) is 0.276. The number of rotatable bonds is 7. The summed E-state index contributed by atoms with van der Waals surface area (Å²) in [6, 6.07) is 15.0. The number of nitrogens with zero attached hydrogens (tertiary/aromatic N) is 1. The number of fused-ring (bicyclic) bond motifs is 2. The number of hydrogen-bond acceptors (Lipinski definition) is 9. The molecule has 2 aliphatic rings. The van der Waals surface area contributed by atoms with Gasteiger partial charge in [-0.2, -0.15) is 0 Å². The first-order valence-corrected chi connectivity index (χ1v) is 12.6. The molecule has 0 saturated heterocycles. The number of ketones is 1. The van der Waals surface area contributed by atoms with E-state index in [9.17, 15) is 20.0 Å². The monoisotopic (exact) mass is 530 g/mol. The summed E-state index contributed by atoms with van der Waals surface area (Å²) in [6.45, 7) is 1.86. The fourth-order valence-electron chi connectivity index (χ4n) is 5.30. The number of anilines is 2. The van der Waals surface area contributed by atoms with E-state index in [0.29, 0.717) is 28.4 Å². The normalized spacial score (nSPS) is 19.8. The Balaban J connectivity index is 1.67. The van der Waals surface area contributed by atoms with E-state index in [4.69, 9.17) is 14.2 Å². The molecular formula is C29H28N3O7-. The van der Waals surface area contributed by atoms with E-state index < -0.39 is 28.3 Å². The van der Waals surface area contributed by atoms with Gasteiger partial charge in [0.15, 0.2) is 0 Å². The van der Waals surface area contributed by atoms with Crippen molar-refractivity contribution in [3.8, 4) is 23.0 Å². The molecule has 39 heavy (non-hydrogen) atoms. The van der Waals surface area contributed by atoms with E-state index in [1.807, 2.05) is 42.5 Å². The molecule has 2 N–H and O–H groups in total. The lowest BCUT2D eigenvalue weighted by atomic mass is 9.76. The average molecular weight is 531 g/mol. The highest BCUT2D eigenvalue weighted by Crippen LogP contribution is 2.48. The molecule has 3 aromatic carbocycles. The zero-order chi connectivity index (χ0) is 27.7. The molecule has 0 bridgehead atoms. The highest BCUT2D eigenvalue weighted by atomic mass is 16.6. The molecule has 5 rings (SSSR count). The Morgan fingerprint density at radius 1 is 1.03 bits per heavy atom. The van der Waals surface area contributed by atoms with E-state index in [2.05, 4.69) is 10.6 Å². The van der Waals surface area contributed by atoms with Gasteiger partial charge in [0.25, 0.3) is 5.69 Å². The maximum atomic E-state index is 13.9. The molecule has 10 heteroatoms. The van der Waals surface area contributed by atoms with Crippen LogP contribution in [-0.4, -0.2) is 31.5 Å². The molecule has 0 spiro atoms. The zero-order valence-electron chi connectivity index (χ0n) is 21.7. The third-order valence-corrected chi connectivity index (χ3v) is 7.08. The van der Waals surface area contributed by atoms with Gasteiger partial charge in [-0.15, -0.1) is 0 Å². The Labute approximate surface area is 225 Å². The number of nitro benzene ring substituents is 1. The molecular weight excluding hydrogens is 502 g/mol. The molecule has 0 saturated carbocycles. The second kappa shape index (κ2) is 10.6. The molecule has 10 nitrogen and oxygen atoms in total. The predicted molar refractivity (Wildman–Crippen MR) is 144 cm³/mol. The molecule has 0 aromatic heterocycles. The SMILES string of the molecule is CCOc1cc([C@@H]2Nc3ccccc3NC3=C[C@@H](c4cc(OC)ccc4OC)CC(=O)[C@H]32)cc([N+](=O)[O-])c1[O-]. The van der Waals surface area contributed by atoms with Crippen molar-refractivity contribution < 1.29 is 29.0 Å². The first-order chi connectivity index (χ1) is 18.8. The number of carbonyl (C=O) groups is 1. The van der Waals surface area contributed by atoms with Gasteiger partial charge in [-0.05, 0) is 48.9 Å². The van der Waals surface area contributed by atoms with Gasteiger partial charge in [-0.3, -0.25) is 14.9 Å². The van der Waals surface area contributed by atoms with Crippen molar-refractivity contribution in [2.75, 3.05) is 31.5 Å². The van der Waals surface area contributed by atoms with Crippen molar-refractivity contribution in [1.29, 1.82) is 0 Å². The second-order valence-electron chi connectivity index (χ2n) is 9.33. The van der Waals surface area contributed by atoms with Crippen LogP contribution in [0.3, 0.4) is 0 Å². The van der Waals surface area contributed by atoms with Gasteiger partial charge >= 0.3 is 0 Å². The molecule has 202 valence electrons. The Hall–Kier alpha value is -4.73. The molecule has 1 aliphatic heterocycles. The summed E-state index contributed by atoms with van der Waals surface area (Å²) in [4.78, 5) is 25.0. The zero-order valence-corrected chi connectivity index (χ0v) is 21.7. The van der Waals surface area contributed by atoms with Gasteiger partial charge in [0.2, 0.25) is 0 Å². The molecule has 0 amide bonds. The van der Waals surface area contributed by atoms with Crippen LogP contribution in [0.25, 0.3) is 0 Å². The number of hydrogen-bond donors (Lipinski definition) is 2. The first kappa shape index (κ1) is 25.9. The van der Waals surface area contributed by atoms with Crippen molar-refractivity contribution in [2.24, 2.45) is 5.92 Å². The first-order valence-electron chi connectivity index (χ1n) is 12.6. The largest absolute Gasteiger partial charge is 0.865 e. The Morgan fingerprint density at radius 3 is 2.49 bits per heavy atom. The van der Waals surface area contributed by atoms with Crippen LogP contribution in [-0.2, 0) is 4.79 Å². The maximum Gasteiger partial charge on any atom is 0.265 e. The quantitative estimate of drug-likeness (QED) is 0.322. The summed E-state index contributed by atoms with van der Waals surface area (Å²) >= 11 is 0. The highest BCUT2D eigenvalue weighted by molar-refractivity contribution is 5.91. The van der Waals surface area contributed by atoms with Crippen LogP contribution in [0.15, 0.2) is 66.4 Å². The number of benzene rings is 3. The number of para-hydroxylation sites is 2. The number of methoxy groups -OCH3 is 2. The lowest BCUT2D eigenvalue weighted by Crippen LogP contribution is -2.34. The highest BCUT2D eigenvalue weighted by Gasteiger charge is 2.41. The van der Waals surface area contributed by atoms with Gasteiger partial charge in [-0.25, -0.2) is 0 Å². The van der Waals surface area contributed by atoms with Crippen LogP contribution in [0.2, 0.25) is 0 Å². The number of Topliss-reactive ketones (excluding diaryl/α,β-unsaturated/α-hetero) is 1. The lowest BCUT2D eigenvalue weighted by Gasteiger charge is -2.33. The number of nitrogens with one attached hydrogen (secondary N) is 2. The van der Waals surface area contributed by atoms with E-state index in [0.717, 1.165) is 11.3 Å². The minimum absolute atomic E-state index is 0.0769. The summed E-state index contributed by atoms with van der Waals surface area (Å²) < 4.78 is 16.5. The summed E-state index contributed by atoms with van der Waals surface area (Å²) in [5.41, 5.74) is 2.73.